The van der Waals surface area contributed by atoms with Crippen LogP contribution in [0.2, 0.25) is 0 Å². The first kappa shape index (κ1) is 7.95. The van der Waals surface area contributed by atoms with Crippen molar-refractivity contribution in [3.05, 3.63) is 24.0 Å². The molecule has 2 nitrogen and oxygen atoms in total. The third-order valence-electron chi connectivity index (χ3n) is 0.643. The Kier molecular flexibility index (Phi) is 4.50. The molecule has 0 bridgehead atoms. The summed E-state index contributed by atoms with van der Waals surface area (Å²) in [4.78, 5) is 3.86. The van der Waals surface area contributed by atoms with Crippen molar-refractivity contribution in [1.82, 2.24) is 0 Å². The van der Waals surface area contributed by atoms with Crippen molar-refractivity contribution in [1.29, 1.82) is 0 Å². The largest absolute Gasteiger partial charge is 0.401 e. The van der Waals surface area contributed by atoms with Gasteiger partial charge in [0.2, 0.25) is 0 Å². The molecule has 2 heteroatoms. The van der Waals surface area contributed by atoms with Crippen LogP contribution in [0, 0.1) is 0 Å². The molecule has 0 rings (SSSR count). The molecule has 0 aliphatic rings. The van der Waals surface area contributed by atoms with Gasteiger partial charge in [-0.2, -0.15) is 0 Å². The monoisotopic (exact) mass is 124 g/mol. The van der Waals surface area contributed by atoms with Crippen LogP contribution in [0.1, 0.15) is 13.8 Å². The Hall–Kier alpha value is -1.05. The molecule has 50 valence electrons. The first-order valence-corrected chi connectivity index (χ1v) is 2.84. The van der Waals surface area contributed by atoms with Crippen molar-refractivity contribution in [2.45, 2.75) is 13.8 Å². The van der Waals surface area contributed by atoms with E-state index in [1.54, 1.807) is 19.3 Å². The number of hydrogen-bond donors (Lipinski definition) is 1. The van der Waals surface area contributed by atoms with Gasteiger partial charge in [0.05, 0.1) is 0 Å². The minimum Gasteiger partial charge on any atom is -0.401 e. The van der Waals surface area contributed by atoms with Crippen molar-refractivity contribution < 1.29 is 0 Å². The molecule has 0 aromatic heterocycles. The zero-order valence-electron chi connectivity index (χ0n) is 5.83. The van der Waals surface area contributed by atoms with Crippen LogP contribution in [0.3, 0.4) is 0 Å². The summed E-state index contributed by atoms with van der Waals surface area (Å²) in [5.74, 6) is 0. The number of nitrogens with zero attached hydrogens (tertiary/aromatic N) is 1. The fraction of sp³-hybridized carbons (Fsp3) is 0.286. The molecular weight excluding hydrogens is 112 g/mol. The van der Waals surface area contributed by atoms with Crippen LogP contribution in [0.25, 0.3) is 0 Å². The number of rotatable bonds is 2. The van der Waals surface area contributed by atoms with Gasteiger partial charge in [-0.15, -0.1) is 0 Å². The molecule has 2 N–H and O–H groups in total. The molecule has 0 radical (unpaired) electrons. The van der Waals surface area contributed by atoms with Crippen LogP contribution in [0.15, 0.2) is 29.0 Å². The second-order valence-corrected chi connectivity index (χ2v) is 1.70. The summed E-state index contributed by atoms with van der Waals surface area (Å²) in [6.07, 6.45) is 7.05. The van der Waals surface area contributed by atoms with Crippen LogP contribution in [0.5, 0.6) is 0 Å². The maximum Gasteiger partial charge on any atom is 0.0452 e. The second-order valence-electron chi connectivity index (χ2n) is 1.70. The second kappa shape index (κ2) is 5.09. The smallest absolute Gasteiger partial charge is 0.0452 e. The maximum atomic E-state index is 5.30. The Labute approximate surface area is 55.8 Å². The summed E-state index contributed by atoms with van der Waals surface area (Å²) in [5, 5.41) is 0. The minimum absolute atomic E-state index is 0.718. The molecule has 0 spiro atoms. The van der Waals surface area contributed by atoms with Crippen molar-refractivity contribution >= 4 is 6.21 Å². The van der Waals surface area contributed by atoms with Crippen molar-refractivity contribution in [2.75, 3.05) is 0 Å². The van der Waals surface area contributed by atoms with Gasteiger partial charge in [0, 0.05) is 18.1 Å². The molecule has 9 heavy (non-hydrogen) atoms. The van der Waals surface area contributed by atoms with Gasteiger partial charge in [0.25, 0.3) is 0 Å². The van der Waals surface area contributed by atoms with E-state index in [4.69, 9.17) is 5.73 Å². The Balaban J connectivity index is 3.60. The van der Waals surface area contributed by atoms with E-state index in [2.05, 4.69) is 4.99 Å². The summed E-state index contributed by atoms with van der Waals surface area (Å²) in [6, 6.07) is 0. The summed E-state index contributed by atoms with van der Waals surface area (Å²) in [5.41, 5.74) is 6.02. The quantitative estimate of drug-likeness (QED) is 0.556. The molecule has 0 aromatic rings. The first-order chi connectivity index (χ1) is 4.27. The lowest BCUT2D eigenvalue weighted by Crippen LogP contribution is -1.87. The average Bonchev–Trinajstić information content (AvgIpc) is 1.80. The van der Waals surface area contributed by atoms with E-state index in [9.17, 15) is 0 Å². The maximum absolute atomic E-state index is 5.30. The van der Waals surface area contributed by atoms with Crippen molar-refractivity contribution in [3.8, 4) is 0 Å². The predicted octanol–water partition coefficient (Wildman–Crippen LogP) is 1.45. The Morgan fingerprint density at radius 2 is 2.22 bits per heavy atom. The van der Waals surface area contributed by atoms with Crippen molar-refractivity contribution in [2.24, 2.45) is 10.7 Å². The summed E-state index contributed by atoms with van der Waals surface area (Å²) >= 11 is 0. The summed E-state index contributed by atoms with van der Waals surface area (Å²) in [7, 11) is 0. The van der Waals surface area contributed by atoms with Crippen LogP contribution >= 0.6 is 0 Å². The fourth-order valence-electron chi connectivity index (χ4n) is 0.296. The summed E-state index contributed by atoms with van der Waals surface area (Å²) < 4.78 is 0. The van der Waals surface area contributed by atoms with E-state index in [-0.39, 0.29) is 0 Å². The molecule has 0 aliphatic carbocycles. The average molecular weight is 124 g/mol. The van der Waals surface area contributed by atoms with Gasteiger partial charge in [-0.1, -0.05) is 6.08 Å². The van der Waals surface area contributed by atoms with E-state index >= 15 is 0 Å². The van der Waals surface area contributed by atoms with Gasteiger partial charge in [0.1, 0.15) is 0 Å². The van der Waals surface area contributed by atoms with E-state index in [0.29, 0.717) is 0 Å². The lowest BCUT2D eigenvalue weighted by Gasteiger charge is -1.80. The first-order valence-electron chi connectivity index (χ1n) is 2.84. The molecule has 0 aliphatic heterocycles. The standard InChI is InChI=1S/C7H12N2/c1-3-4-5-9-6-7(2)8/h3-6H,8H2,1-2H3/b4-3-,7-6-,9-5-. The lowest BCUT2D eigenvalue weighted by atomic mass is 10.5. The highest BCUT2D eigenvalue weighted by Crippen LogP contribution is 1.78. The van der Waals surface area contributed by atoms with Crippen LogP contribution in [0.4, 0.5) is 0 Å². The molecule has 0 saturated carbocycles. The fourth-order valence-corrected chi connectivity index (χ4v) is 0.296. The Morgan fingerprint density at radius 3 is 2.67 bits per heavy atom. The highest BCUT2D eigenvalue weighted by Gasteiger charge is 1.67. The zero-order chi connectivity index (χ0) is 7.11. The topological polar surface area (TPSA) is 38.4 Å². The van der Waals surface area contributed by atoms with Gasteiger partial charge in [-0.3, -0.25) is 4.99 Å². The molecule has 0 amide bonds. The normalized spacial score (nSPS) is 13.8. The van der Waals surface area contributed by atoms with E-state index in [1.807, 2.05) is 19.1 Å². The molecule has 0 saturated heterocycles. The number of nitrogens with two attached hydrogens (primary N) is 1. The van der Waals surface area contributed by atoms with Gasteiger partial charge in [-0.25, -0.2) is 0 Å². The van der Waals surface area contributed by atoms with E-state index < -0.39 is 0 Å². The van der Waals surface area contributed by atoms with Gasteiger partial charge in [0.15, 0.2) is 0 Å². The molecule has 0 fully saturated rings. The van der Waals surface area contributed by atoms with E-state index in [1.165, 1.54) is 0 Å². The third-order valence-corrected chi connectivity index (χ3v) is 0.643. The van der Waals surface area contributed by atoms with Crippen LogP contribution in [-0.4, -0.2) is 6.21 Å². The number of hydrogen-bond acceptors (Lipinski definition) is 2. The molecule has 0 unspecified atom stereocenters. The van der Waals surface area contributed by atoms with Crippen LogP contribution < -0.4 is 5.73 Å². The lowest BCUT2D eigenvalue weighted by molar-refractivity contribution is 1.28. The predicted molar refractivity (Wildman–Crippen MR) is 41.3 cm³/mol. The Bertz CT molecular complexity index is 139. The third kappa shape index (κ3) is 6.95. The highest BCUT2D eigenvalue weighted by molar-refractivity contribution is 5.71. The van der Waals surface area contributed by atoms with Crippen molar-refractivity contribution in [3.63, 3.8) is 0 Å². The number of aliphatic imine (C=N–C) groups is 1. The van der Waals surface area contributed by atoms with Crippen LogP contribution in [-0.2, 0) is 0 Å². The SMILES string of the molecule is C\C=C/C=N\C=C(\C)N. The van der Waals surface area contributed by atoms with Gasteiger partial charge in [-0.05, 0) is 19.9 Å². The Morgan fingerprint density at radius 1 is 1.56 bits per heavy atom. The van der Waals surface area contributed by atoms with Gasteiger partial charge >= 0.3 is 0 Å². The molecule has 0 heterocycles. The molecule has 0 aromatic carbocycles. The number of allylic oxidation sites excluding steroid dienone is 3. The molecular formula is C7H12N2. The van der Waals surface area contributed by atoms with Gasteiger partial charge < -0.3 is 5.73 Å². The zero-order valence-corrected chi connectivity index (χ0v) is 5.83. The minimum atomic E-state index is 0.718. The van der Waals surface area contributed by atoms with E-state index in [0.717, 1.165) is 5.70 Å². The highest BCUT2D eigenvalue weighted by atomic mass is 14.7. The summed E-state index contributed by atoms with van der Waals surface area (Å²) in [6.45, 7) is 3.73. The molecule has 0 atom stereocenters.